The summed E-state index contributed by atoms with van der Waals surface area (Å²) in [5, 5.41) is 2.80. The minimum absolute atomic E-state index is 0.00959. The van der Waals surface area contributed by atoms with Crippen LogP contribution in [0.15, 0.2) is 72.8 Å². The minimum Gasteiger partial charge on any atom is -0.455 e. The number of nitrogens with zero attached hydrogens (tertiary/aromatic N) is 1. The van der Waals surface area contributed by atoms with Crippen LogP contribution < -0.4 is 10.1 Å². The lowest BCUT2D eigenvalue weighted by atomic mass is 10.1. The monoisotopic (exact) mass is 400 g/mol. The molecule has 4 rings (SSSR count). The molecule has 3 aromatic carbocycles. The molecular formula is C24H20N2O4. The number of carbonyl (C=O) groups is 3. The Kier molecular flexibility index (Phi) is 5.30. The first-order chi connectivity index (χ1) is 14.5. The third-order valence-corrected chi connectivity index (χ3v) is 4.85. The molecule has 3 amide bonds. The molecule has 0 unspecified atom stereocenters. The standard InChI is InChI=1S/C24H20N2O4/c1-16-10-12-17(13-11-16)30-21-9-5-4-8-20(21)25-22(27)14-15-26-23(28)18-6-2-3-7-19(18)24(26)29/h2-13H,14-15H2,1H3,(H,25,27). The Bertz CT molecular complexity index is 1090. The molecule has 0 saturated heterocycles. The van der Waals surface area contributed by atoms with E-state index in [2.05, 4.69) is 5.32 Å². The average Bonchev–Trinajstić information content (AvgIpc) is 3.00. The fourth-order valence-corrected chi connectivity index (χ4v) is 3.26. The molecule has 6 heteroatoms. The van der Waals surface area contributed by atoms with Crippen LogP contribution in [0.2, 0.25) is 0 Å². The maximum Gasteiger partial charge on any atom is 0.261 e. The number of nitrogens with one attached hydrogen (secondary N) is 1. The molecule has 1 N–H and O–H groups in total. The second-order valence-corrected chi connectivity index (χ2v) is 7.02. The summed E-state index contributed by atoms with van der Waals surface area (Å²) in [6.45, 7) is 2.01. The smallest absolute Gasteiger partial charge is 0.261 e. The van der Waals surface area contributed by atoms with Gasteiger partial charge in [0.15, 0.2) is 5.75 Å². The van der Waals surface area contributed by atoms with Crippen LogP contribution in [0.5, 0.6) is 11.5 Å². The summed E-state index contributed by atoms with van der Waals surface area (Å²) >= 11 is 0. The van der Waals surface area contributed by atoms with Gasteiger partial charge in [0.2, 0.25) is 5.91 Å². The zero-order valence-corrected chi connectivity index (χ0v) is 16.4. The number of aryl methyl sites for hydroxylation is 1. The van der Waals surface area contributed by atoms with Gasteiger partial charge in [-0.1, -0.05) is 42.0 Å². The first-order valence-electron chi connectivity index (χ1n) is 9.61. The van der Waals surface area contributed by atoms with Crippen molar-refractivity contribution in [2.24, 2.45) is 0 Å². The highest BCUT2D eigenvalue weighted by Crippen LogP contribution is 2.29. The maximum absolute atomic E-state index is 12.5. The van der Waals surface area contributed by atoms with Gasteiger partial charge in [0.05, 0.1) is 16.8 Å². The molecular weight excluding hydrogens is 380 g/mol. The number of hydrogen-bond donors (Lipinski definition) is 1. The van der Waals surface area contributed by atoms with Gasteiger partial charge in [0, 0.05) is 13.0 Å². The van der Waals surface area contributed by atoms with Crippen molar-refractivity contribution >= 4 is 23.4 Å². The van der Waals surface area contributed by atoms with Crippen molar-refractivity contribution in [3.8, 4) is 11.5 Å². The van der Waals surface area contributed by atoms with Crippen LogP contribution in [-0.4, -0.2) is 29.2 Å². The van der Waals surface area contributed by atoms with E-state index in [-0.39, 0.29) is 30.7 Å². The van der Waals surface area contributed by atoms with Crippen LogP contribution in [0.25, 0.3) is 0 Å². The highest BCUT2D eigenvalue weighted by Gasteiger charge is 2.34. The Morgan fingerprint density at radius 1 is 0.867 bits per heavy atom. The second-order valence-electron chi connectivity index (χ2n) is 7.02. The molecule has 6 nitrogen and oxygen atoms in total. The molecule has 0 saturated carbocycles. The molecule has 0 radical (unpaired) electrons. The molecule has 3 aromatic rings. The number of anilines is 1. The van der Waals surface area contributed by atoms with Crippen LogP contribution in [-0.2, 0) is 4.79 Å². The first-order valence-corrected chi connectivity index (χ1v) is 9.61. The van der Waals surface area contributed by atoms with Gasteiger partial charge < -0.3 is 10.1 Å². The van der Waals surface area contributed by atoms with Crippen LogP contribution in [0, 0.1) is 6.92 Å². The Balaban J connectivity index is 1.40. The fraction of sp³-hybridized carbons (Fsp3) is 0.125. The van der Waals surface area contributed by atoms with E-state index in [0.717, 1.165) is 10.5 Å². The van der Waals surface area contributed by atoms with Gasteiger partial charge in [-0.15, -0.1) is 0 Å². The summed E-state index contributed by atoms with van der Waals surface area (Å²) in [6, 6.07) is 21.4. The molecule has 150 valence electrons. The first kappa shape index (κ1) is 19.4. The summed E-state index contributed by atoms with van der Waals surface area (Å²) in [4.78, 5) is 38.4. The van der Waals surface area contributed by atoms with Crippen LogP contribution in [0.1, 0.15) is 32.7 Å². The summed E-state index contributed by atoms with van der Waals surface area (Å²) in [5.74, 6) is 0.119. The topological polar surface area (TPSA) is 75.7 Å². The number of benzene rings is 3. The fourth-order valence-electron chi connectivity index (χ4n) is 3.26. The summed E-state index contributed by atoms with van der Waals surface area (Å²) in [6.07, 6.45) is -0.00959. The van der Waals surface area contributed by atoms with E-state index >= 15 is 0 Å². The summed E-state index contributed by atoms with van der Waals surface area (Å²) in [7, 11) is 0. The lowest BCUT2D eigenvalue weighted by Crippen LogP contribution is -2.32. The van der Waals surface area contributed by atoms with Gasteiger partial charge >= 0.3 is 0 Å². The molecule has 0 fully saturated rings. The predicted molar refractivity (Wildman–Crippen MR) is 113 cm³/mol. The molecule has 0 spiro atoms. The number of hydrogen-bond acceptors (Lipinski definition) is 4. The molecule has 0 bridgehead atoms. The van der Waals surface area contributed by atoms with E-state index < -0.39 is 0 Å². The van der Waals surface area contributed by atoms with Crippen LogP contribution in [0.3, 0.4) is 0 Å². The zero-order valence-electron chi connectivity index (χ0n) is 16.4. The van der Waals surface area contributed by atoms with Gasteiger partial charge in [-0.05, 0) is 43.3 Å². The van der Waals surface area contributed by atoms with Crippen molar-refractivity contribution in [2.45, 2.75) is 13.3 Å². The molecule has 1 aliphatic heterocycles. The molecule has 0 atom stereocenters. The molecule has 1 heterocycles. The third kappa shape index (κ3) is 3.93. The normalized spacial score (nSPS) is 12.6. The van der Waals surface area contributed by atoms with Crippen molar-refractivity contribution in [1.82, 2.24) is 4.90 Å². The summed E-state index contributed by atoms with van der Waals surface area (Å²) < 4.78 is 5.89. The minimum atomic E-state index is -0.369. The SMILES string of the molecule is Cc1ccc(Oc2ccccc2NC(=O)CCN2C(=O)c3ccccc3C2=O)cc1. The van der Waals surface area contributed by atoms with Crippen molar-refractivity contribution in [3.63, 3.8) is 0 Å². The quantitative estimate of drug-likeness (QED) is 0.622. The Morgan fingerprint density at radius 3 is 2.13 bits per heavy atom. The van der Waals surface area contributed by atoms with Gasteiger partial charge in [-0.3, -0.25) is 19.3 Å². The van der Waals surface area contributed by atoms with Gasteiger partial charge in [-0.2, -0.15) is 0 Å². The Labute approximate surface area is 174 Å². The molecule has 0 aliphatic carbocycles. The molecule has 0 aromatic heterocycles. The van der Waals surface area contributed by atoms with E-state index in [1.54, 1.807) is 42.5 Å². The summed E-state index contributed by atoms with van der Waals surface area (Å²) in [5.41, 5.74) is 2.39. The second kappa shape index (κ2) is 8.21. The maximum atomic E-state index is 12.5. The van der Waals surface area contributed by atoms with Gasteiger partial charge in [0.25, 0.3) is 11.8 Å². The van der Waals surface area contributed by atoms with Crippen molar-refractivity contribution in [1.29, 1.82) is 0 Å². The molecule has 1 aliphatic rings. The number of para-hydroxylation sites is 2. The lowest BCUT2D eigenvalue weighted by Gasteiger charge is -2.15. The Morgan fingerprint density at radius 2 is 1.47 bits per heavy atom. The number of imide groups is 1. The number of rotatable bonds is 6. The highest BCUT2D eigenvalue weighted by atomic mass is 16.5. The van der Waals surface area contributed by atoms with Crippen molar-refractivity contribution in [2.75, 3.05) is 11.9 Å². The largest absolute Gasteiger partial charge is 0.455 e. The molecule has 30 heavy (non-hydrogen) atoms. The van der Waals surface area contributed by atoms with Crippen molar-refractivity contribution < 1.29 is 19.1 Å². The predicted octanol–water partition coefficient (Wildman–Crippen LogP) is 4.41. The highest BCUT2D eigenvalue weighted by molar-refractivity contribution is 6.21. The van der Waals surface area contributed by atoms with E-state index in [1.165, 1.54) is 0 Å². The number of ether oxygens (including phenoxy) is 1. The number of amides is 3. The Hall–Kier alpha value is -3.93. The average molecular weight is 400 g/mol. The number of fused-ring (bicyclic) bond motifs is 1. The van der Waals surface area contributed by atoms with Crippen LogP contribution in [0.4, 0.5) is 5.69 Å². The lowest BCUT2D eigenvalue weighted by molar-refractivity contribution is -0.116. The van der Waals surface area contributed by atoms with E-state index in [9.17, 15) is 14.4 Å². The third-order valence-electron chi connectivity index (χ3n) is 4.85. The van der Waals surface area contributed by atoms with Crippen molar-refractivity contribution in [3.05, 3.63) is 89.5 Å². The van der Waals surface area contributed by atoms with E-state index in [0.29, 0.717) is 28.3 Å². The van der Waals surface area contributed by atoms with Gasteiger partial charge in [0.1, 0.15) is 5.75 Å². The van der Waals surface area contributed by atoms with E-state index in [4.69, 9.17) is 4.74 Å². The van der Waals surface area contributed by atoms with Gasteiger partial charge in [-0.25, -0.2) is 0 Å². The van der Waals surface area contributed by atoms with Crippen LogP contribution >= 0.6 is 0 Å². The number of carbonyl (C=O) groups excluding carboxylic acids is 3. The zero-order chi connectivity index (χ0) is 21.1. The van der Waals surface area contributed by atoms with E-state index in [1.807, 2.05) is 37.3 Å².